The summed E-state index contributed by atoms with van der Waals surface area (Å²) in [7, 11) is 0. The third-order valence-corrected chi connectivity index (χ3v) is 3.81. The van der Waals surface area contributed by atoms with Gasteiger partial charge >= 0.3 is 0 Å². The predicted molar refractivity (Wildman–Crippen MR) is 50.6 cm³/mol. The minimum atomic E-state index is 0.344. The van der Waals surface area contributed by atoms with Crippen LogP contribution in [0.15, 0.2) is 48.6 Å². The molecule has 0 aromatic heterocycles. The van der Waals surface area contributed by atoms with Gasteiger partial charge in [0, 0.05) is 10.8 Å². The lowest BCUT2D eigenvalue weighted by atomic mass is 9.85. The Hall–Kier alpha value is -1.04. The van der Waals surface area contributed by atoms with E-state index in [2.05, 4.69) is 55.5 Å². The van der Waals surface area contributed by atoms with Gasteiger partial charge in [-0.1, -0.05) is 55.5 Å². The van der Waals surface area contributed by atoms with Crippen LogP contribution in [0.1, 0.15) is 6.92 Å². The molecule has 0 unspecified atom stereocenters. The topological polar surface area (TPSA) is 0 Å². The van der Waals surface area contributed by atoms with Gasteiger partial charge in [-0.15, -0.1) is 0 Å². The molecule has 0 aromatic carbocycles. The molecule has 0 radical (unpaired) electrons. The molecule has 0 heterocycles. The van der Waals surface area contributed by atoms with Crippen molar-refractivity contribution in [3.05, 3.63) is 48.6 Å². The largest absolute Gasteiger partial charge is 0.0731 e. The highest BCUT2D eigenvalue weighted by Gasteiger charge is 2.69. The molecule has 0 aliphatic heterocycles. The molecule has 3 aliphatic carbocycles. The zero-order chi connectivity index (χ0) is 8.23. The van der Waals surface area contributed by atoms with E-state index in [-0.39, 0.29) is 0 Å². The van der Waals surface area contributed by atoms with Gasteiger partial charge in [0.25, 0.3) is 0 Å². The third kappa shape index (κ3) is 0.439. The van der Waals surface area contributed by atoms with Crippen LogP contribution in [0.5, 0.6) is 0 Å². The second-order valence-corrected chi connectivity index (χ2v) is 4.02. The Morgan fingerprint density at radius 3 is 1.42 bits per heavy atom. The van der Waals surface area contributed by atoms with E-state index >= 15 is 0 Å². The molecule has 0 heteroatoms. The van der Waals surface area contributed by atoms with E-state index in [1.165, 1.54) is 0 Å². The van der Waals surface area contributed by atoms with E-state index in [4.69, 9.17) is 0 Å². The molecule has 0 spiro atoms. The number of hydrogen-bond donors (Lipinski definition) is 0. The van der Waals surface area contributed by atoms with Gasteiger partial charge < -0.3 is 0 Å². The molecule has 0 N–H and O–H groups in total. The first-order chi connectivity index (χ1) is 5.82. The fourth-order valence-corrected chi connectivity index (χ4v) is 2.90. The molecule has 12 heavy (non-hydrogen) atoms. The lowest BCUT2D eigenvalue weighted by Crippen LogP contribution is -2.09. The zero-order valence-electron chi connectivity index (χ0n) is 7.20. The average Bonchev–Trinajstić information content (AvgIpc) is 2.69. The van der Waals surface area contributed by atoms with Crippen LogP contribution in [-0.2, 0) is 0 Å². The summed E-state index contributed by atoms with van der Waals surface area (Å²) >= 11 is 0. The maximum Gasteiger partial charge on any atom is 0.0234 e. The Labute approximate surface area is 73.0 Å². The fourth-order valence-electron chi connectivity index (χ4n) is 2.90. The van der Waals surface area contributed by atoms with Crippen LogP contribution in [0.3, 0.4) is 0 Å². The second kappa shape index (κ2) is 1.66. The molecular formula is C12H12. The van der Waals surface area contributed by atoms with Gasteiger partial charge in [0.2, 0.25) is 0 Å². The van der Waals surface area contributed by atoms with Crippen molar-refractivity contribution >= 4 is 0 Å². The highest BCUT2D eigenvalue weighted by molar-refractivity contribution is 5.51. The molecule has 1 fully saturated rings. The molecule has 0 nitrogen and oxygen atoms in total. The molecule has 0 atom stereocenters. The summed E-state index contributed by atoms with van der Waals surface area (Å²) < 4.78 is 0. The maximum absolute atomic E-state index is 2.34. The van der Waals surface area contributed by atoms with Crippen molar-refractivity contribution in [2.24, 2.45) is 16.7 Å². The normalized spacial score (nSPS) is 51.9. The van der Waals surface area contributed by atoms with Crippen molar-refractivity contribution in [3.8, 4) is 0 Å². The summed E-state index contributed by atoms with van der Waals surface area (Å²) in [6.45, 7) is 2.33. The van der Waals surface area contributed by atoms with Crippen LogP contribution in [0, 0.1) is 16.7 Å². The summed E-state index contributed by atoms with van der Waals surface area (Å²) in [5.41, 5.74) is 0.688. The summed E-state index contributed by atoms with van der Waals surface area (Å²) in [6.07, 6.45) is 18.1. The Morgan fingerprint density at radius 1 is 0.750 bits per heavy atom. The molecule has 60 valence electrons. The molecule has 0 aromatic rings. The lowest BCUT2D eigenvalue weighted by molar-refractivity contribution is 0.660. The van der Waals surface area contributed by atoms with Crippen LogP contribution >= 0.6 is 0 Å². The molecule has 0 bridgehead atoms. The molecule has 3 aliphatic rings. The predicted octanol–water partition coefficient (Wildman–Crippen LogP) is 2.86. The first-order valence-electron chi connectivity index (χ1n) is 4.56. The van der Waals surface area contributed by atoms with Gasteiger partial charge in [-0.05, 0) is 5.92 Å². The number of hydrogen-bond acceptors (Lipinski definition) is 0. The standard InChI is InChI=1S/C12H12/c1-10-11-6-2-3-7-12(10,11)9-5-4-8-11/h2-10H,1H3. The minimum absolute atomic E-state index is 0.344. The smallest absolute Gasteiger partial charge is 0.0234 e. The van der Waals surface area contributed by atoms with Gasteiger partial charge in [0.15, 0.2) is 0 Å². The van der Waals surface area contributed by atoms with Gasteiger partial charge in [-0.25, -0.2) is 0 Å². The average molecular weight is 156 g/mol. The second-order valence-electron chi connectivity index (χ2n) is 4.02. The summed E-state index contributed by atoms with van der Waals surface area (Å²) in [4.78, 5) is 0. The van der Waals surface area contributed by atoms with Gasteiger partial charge in [0.1, 0.15) is 0 Å². The van der Waals surface area contributed by atoms with Crippen LogP contribution in [0.4, 0.5) is 0 Å². The van der Waals surface area contributed by atoms with E-state index in [0.29, 0.717) is 10.8 Å². The molecule has 0 amide bonds. The van der Waals surface area contributed by atoms with E-state index in [1.54, 1.807) is 0 Å². The molecule has 1 saturated carbocycles. The lowest BCUT2D eigenvalue weighted by Gasteiger charge is -2.18. The van der Waals surface area contributed by atoms with E-state index < -0.39 is 0 Å². The van der Waals surface area contributed by atoms with Crippen LogP contribution in [0.25, 0.3) is 0 Å². The monoisotopic (exact) mass is 156 g/mol. The van der Waals surface area contributed by atoms with Crippen molar-refractivity contribution in [1.29, 1.82) is 0 Å². The summed E-state index contributed by atoms with van der Waals surface area (Å²) in [5, 5.41) is 0. The SMILES string of the molecule is CC1C23C=CC=CC12C=CC=C3. The van der Waals surface area contributed by atoms with Crippen LogP contribution in [0.2, 0.25) is 0 Å². The summed E-state index contributed by atoms with van der Waals surface area (Å²) in [6, 6.07) is 0. The van der Waals surface area contributed by atoms with E-state index in [1.807, 2.05) is 0 Å². The highest BCUT2D eigenvalue weighted by atomic mass is 14.7. The van der Waals surface area contributed by atoms with Gasteiger partial charge in [-0.2, -0.15) is 0 Å². The Morgan fingerprint density at radius 2 is 1.08 bits per heavy atom. The van der Waals surface area contributed by atoms with Gasteiger partial charge in [-0.3, -0.25) is 0 Å². The van der Waals surface area contributed by atoms with Crippen molar-refractivity contribution in [2.75, 3.05) is 0 Å². The summed E-state index contributed by atoms with van der Waals surface area (Å²) in [5.74, 6) is 0.745. The molecule has 0 saturated heterocycles. The molecule has 3 rings (SSSR count). The Bertz CT molecular complexity index is 281. The highest BCUT2D eigenvalue weighted by Crippen LogP contribution is 2.74. The van der Waals surface area contributed by atoms with E-state index in [0.717, 1.165) is 5.92 Å². The van der Waals surface area contributed by atoms with Gasteiger partial charge in [0.05, 0.1) is 0 Å². The Balaban J connectivity index is 2.22. The number of rotatable bonds is 0. The van der Waals surface area contributed by atoms with Crippen molar-refractivity contribution in [3.63, 3.8) is 0 Å². The fraction of sp³-hybridized carbons (Fsp3) is 0.333. The third-order valence-electron chi connectivity index (χ3n) is 3.81. The van der Waals surface area contributed by atoms with Crippen LogP contribution < -0.4 is 0 Å². The van der Waals surface area contributed by atoms with Crippen molar-refractivity contribution in [2.45, 2.75) is 6.92 Å². The van der Waals surface area contributed by atoms with Crippen molar-refractivity contribution < 1.29 is 0 Å². The Kier molecular flexibility index (Phi) is 0.894. The first kappa shape index (κ1) is 6.47. The first-order valence-corrected chi connectivity index (χ1v) is 4.56. The zero-order valence-corrected chi connectivity index (χ0v) is 7.20. The van der Waals surface area contributed by atoms with E-state index in [9.17, 15) is 0 Å². The number of allylic oxidation sites excluding steroid dienone is 8. The van der Waals surface area contributed by atoms with Crippen LogP contribution in [-0.4, -0.2) is 0 Å². The quantitative estimate of drug-likeness (QED) is 0.506. The maximum atomic E-state index is 2.34. The minimum Gasteiger partial charge on any atom is -0.0731 e. The molecular weight excluding hydrogens is 144 g/mol. The van der Waals surface area contributed by atoms with Crippen molar-refractivity contribution in [1.82, 2.24) is 0 Å².